The van der Waals surface area contributed by atoms with Crippen molar-refractivity contribution in [1.29, 1.82) is 0 Å². The van der Waals surface area contributed by atoms with Crippen LogP contribution in [-0.4, -0.2) is 19.0 Å². The van der Waals surface area contributed by atoms with Crippen LogP contribution in [0, 0.1) is 0 Å². The predicted octanol–water partition coefficient (Wildman–Crippen LogP) is -0.419. The molecular formula is C4H6NO3. The van der Waals surface area contributed by atoms with Gasteiger partial charge in [-0.25, -0.2) is 4.79 Å². The van der Waals surface area contributed by atoms with Crippen LogP contribution in [0.3, 0.4) is 0 Å². The summed E-state index contributed by atoms with van der Waals surface area (Å²) in [4.78, 5) is 19.2. The fourth-order valence-electron chi connectivity index (χ4n) is 0.193. The van der Waals surface area contributed by atoms with Crippen molar-refractivity contribution in [2.45, 2.75) is 6.42 Å². The summed E-state index contributed by atoms with van der Waals surface area (Å²) in [5.41, 5.74) is 4.54. The quantitative estimate of drug-likeness (QED) is 0.509. The molecule has 1 radical (unpaired) electrons. The monoisotopic (exact) mass is 116 g/mol. The number of primary amides is 1. The number of carbonyl (C=O) groups is 1. The Morgan fingerprint density at radius 2 is 2.38 bits per heavy atom. The van der Waals surface area contributed by atoms with Gasteiger partial charge in [-0.15, -0.1) is 0 Å². The van der Waals surface area contributed by atoms with Gasteiger partial charge in [0.2, 0.25) is 6.29 Å². The van der Waals surface area contributed by atoms with Crippen molar-refractivity contribution in [3.05, 3.63) is 0 Å². The summed E-state index contributed by atoms with van der Waals surface area (Å²) in [5, 5.41) is 0. The summed E-state index contributed by atoms with van der Waals surface area (Å²) in [6, 6.07) is 0. The van der Waals surface area contributed by atoms with Gasteiger partial charge >= 0.3 is 6.09 Å². The Bertz CT molecular complexity index is 91.3. The number of carbonyl (C=O) groups excluding carboxylic acids is 2. The van der Waals surface area contributed by atoms with Crippen molar-refractivity contribution < 1.29 is 14.3 Å². The van der Waals surface area contributed by atoms with Crippen molar-refractivity contribution in [3.8, 4) is 0 Å². The third-order valence-corrected chi connectivity index (χ3v) is 0.448. The van der Waals surface area contributed by atoms with Gasteiger partial charge in [-0.2, -0.15) is 0 Å². The van der Waals surface area contributed by atoms with E-state index in [-0.39, 0.29) is 13.0 Å². The Kier molecular flexibility index (Phi) is 3.56. The van der Waals surface area contributed by atoms with Crippen LogP contribution in [0.2, 0.25) is 0 Å². The van der Waals surface area contributed by atoms with Crippen LogP contribution < -0.4 is 5.73 Å². The molecule has 0 spiro atoms. The van der Waals surface area contributed by atoms with Crippen LogP contribution in [-0.2, 0) is 9.53 Å². The number of ether oxygens (including phenoxy) is 1. The van der Waals surface area contributed by atoms with Crippen molar-refractivity contribution in [3.63, 3.8) is 0 Å². The van der Waals surface area contributed by atoms with Crippen LogP contribution in [0.4, 0.5) is 4.79 Å². The van der Waals surface area contributed by atoms with Gasteiger partial charge in [-0.3, -0.25) is 4.79 Å². The number of rotatable bonds is 3. The van der Waals surface area contributed by atoms with E-state index < -0.39 is 6.09 Å². The largest absolute Gasteiger partial charge is 0.449 e. The first-order valence-corrected chi connectivity index (χ1v) is 2.04. The third-order valence-electron chi connectivity index (χ3n) is 0.448. The van der Waals surface area contributed by atoms with E-state index in [0.29, 0.717) is 0 Å². The number of hydrogen-bond acceptors (Lipinski definition) is 3. The zero-order valence-corrected chi connectivity index (χ0v) is 4.22. The summed E-state index contributed by atoms with van der Waals surface area (Å²) >= 11 is 0. The average molecular weight is 116 g/mol. The van der Waals surface area contributed by atoms with E-state index in [9.17, 15) is 9.59 Å². The molecule has 0 aliphatic heterocycles. The van der Waals surface area contributed by atoms with Gasteiger partial charge in [-0.05, 0) is 0 Å². The highest BCUT2D eigenvalue weighted by molar-refractivity contribution is 5.64. The van der Waals surface area contributed by atoms with E-state index in [4.69, 9.17) is 0 Å². The van der Waals surface area contributed by atoms with Crippen molar-refractivity contribution in [2.24, 2.45) is 5.73 Å². The molecule has 0 saturated heterocycles. The molecule has 0 aromatic heterocycles. The van der Waals surface area contributed by atoms with Crippen LogP contribution in [0.15, 0.2) is 0 Å². The number of nitrogens with two attached hydrogens (primary N) is 1. The minimum atomic E-state index is -0.861. The molecule has 0 fully saturated rings. The molecule has 4 heteroatoms. The van der Waals surface area contributed by atoms with Gasteiger partial charge in [0.25, 0.3) is 0 Å². The maximum absolute atomic E-state index is 9.74. The topological polar surface area (TPSA) is 69.4 Å². The highest BCUT2D eigenvalue weighted by atomic mass is 16.5. The molecule has 0 heterocycles. The van der Waals surface area contributed by atoms with Crippen LogP contribution in [0.1, 0.15) is 6.42 Å². The lowest BCUT2D eigenvalue weighted by molar-refractivity contribution is 0.160. The lowest BCUT2D eigenvalue weighted by Gasteiger charge is -1.92. The molecule has 0 bridgehead atoms. The SMILES string of the molecule is NC(=O)OCC[C]=O. The van der Waals surface area contributed by atoms with E-state index in [2.05, 4.69) is 10.5 Å². The molecule has 45 valence electrons. The zero-order chi connectivity index (χ0) is 6.41. The zero-order valence-electron chi connectivity index (χ0n) is 4.22. The highest BCUT2D eigenvalue weighted by Crippen LogP contribution is 1.75. The third kappa shape index (κ3) is 4.94. The number of amides is 1. The minimum absolute atomic E-state index is 0.0266. The molecule has 0 aromatic carbocycles. The molecule has 0 unspecified atom stereocenters. The standard InChI is InChI=1S/C4H6NO3/c5-4(7)8-3-1-2-6/h1,3H2,(H2,5,7). The fraction of sp³-hybridized carbons (Fsp3) is 0.500. The molecule has 4 nitrogen and oxygen atoms in total. The van der Waals surface area contributed by atoms with Crippen molar-refractivity contribution in [1.82, 2.24) is 0 Å². The Labute approximate surface area is 46.6 Å². The summed E-state index contributed by atoms with van der Waals surface area (Å²) in [6.07, 6.45) is 0.766. The summed E-state index contributed by atoms with van der Waals surface area (Å²) in [7, 11) is 0. The minimum Gasteiger partial charge on any atom is -0.449 e. The second-order valence-electron chi connectivity index (χ2n) is 1.06. The fourth-order valence-corrected chi connectivity index (χ4v) is 0.193. The van der Waals surface area contributed by atoms with E-state index in [1.165, 1.54) is 0 Å². The van der Waals surface area contributed by atoms with Crippen LogP contribution in [0.25, 0.3) is 0 Å². The van der Waals surface area contributed by atoms with E-state index >= 15 is 0 Å². The molecule has 8 heavy (non-hydrogen) atoms. The van der Waals surface area contributed by atoms with Crippen molar-refractivity contribution in [2.75, 3.05) is 6.61 Å². The molecule has 0 aliphatic carbocycles. The highest BCUT2D eigenvalue weighted by Gasteiger charge is 1.89. The van der Waals surface area contributed by atoms with Gasteiger partial charge in [0.1, 0.15) is 6.61 Å². The summed E-state index contributed by atoms with van der Waals surface area (Å²) < 4.78 is 4.16. The van der Waals surface area contributed by atoms with Crippen LogP contribution in [0.5, 0.6) is 0 Å². The first-order chi connectivity index (χ1) is 3.77. The Balaban J connectivity index is 2.93. The summed E-state index contributed by atoms with van der Waals surface area (Å²) in [6.45, 7) is 0.0266. The molecular weight excluding hydrogens is 110 g/mol. The maximum Gasteiger partial charge on any atom is 0.404 e. The van der Waals surface area contributed by atoms with E-state index in [1.807, 2.05) is 0 Å². The predicted molar refractivity (Wildman–Crippen MR) is 25.8 cm³/mol. The summed E-state index contributed by atoms with van der Waals surface area (Å²) in [5.74, 6) is 0. The second kappa shape index (κ2) is 4.11. The van der Waals surface area contributed by atoms with E-state index in [0.717, 1.165) is 0 Å². The molecule has 0 atom stereocenters. The lowest BCUT2D eigenvalue weighted by atomic mass is 10.5. The molecule has 0 rings (SSSR count). The second-order valence-corrected chi connectivity index (χ2v) is 1.06. The van der Waals surface area contributed by atoms with Crippen molar-refractivity contribution >= 4 is 12.4 Å². The van der Waals surface area contributed by atoms with Gasteiger partial charge in [0, 0.05) is 6.42 Å². The number of hydrogen-bond donors (Lipinski definition) is 1. The van der Waals surface area contributed by atoms with Gasteiger partial charge in [0.05, 0.1) is 0 Å². The molecule has 2 N–H and O–H groups in total. The first kappa shape index (κ1) is 6.94. The maximum atomic E-state index is 9.74. The molecule has 0 saturated carbocycles. The Morgan fingerprint density at radius 1 is 1.75 bits per heavy atom. The van der Waals surface area contributed by atoms with Gasteiger partial charge in [-0.1, -0.05) is 0 Å². The lowest BCUT2D eigenvalue weighted by Crippen LogP contribution is -2.13. The normalized spacial score (nSPS) is 8.00. The average Bonchev–Trinajstić information content (AvgIpc) is 1.66. The Hall–Kier alpha value is -1.06. The molecule has 0 aliphatic rings. The van der Waals surface area contributed by atoms with Gasteiger partial charge in [0.15, 0.2) is 0 Å². The molecule has 1 amide bonds. The molecule has 0 aromatic rings. The van der Waals surface area contributed by atoms with E-state index in [1.54, 1.807) is 6.29 Å². The van der Waals surface area contributed by atoms with Gasteiger partial charge < -0.3 is 10.5 Å². The first-order valence-electron chi connectivity index (χ1n) is 2.04. The smallest absolute Gasteiger partial charge is 0.404 e. The van der Waals surface area contributed by atoms with Crippen LogP contribution >= 0.6 is 0 Å². The Morgan fingerprint density at radius 3 is 2.75 bits per heavy atom.